The predicted molar refractivity (Wildman–Crippen MR) is 85.4 cm³/mol. The Hall–Kier alpha value is -2.73. The summed E-state index contributed by atoms with van der Waals surface area (Å²) in [7, 11) is 0. The Morgan fingerprint density at radius 1 is 1.08 bits per heavy atom. The number of nitrogens with one attached hydrogen (secondary N) is 1. The summed E-state index contributed by atoms with van der Waals surface area (Å²) < 4.78 is 4.98. The van der Waals surface area contributed by atoms with Crippen molar-refractivity contribution in [2.24, 2.45) is 0 Å². The summed E-state index contributed by atoms with van der Waals surface area (Å²) in [4.78, 5) is 22.9. The summed E-state index contributed by atoms with van der Waals surface area (Å²) in [6, 6.07) is 11.5. The SMILES string of the molecule is O=C(N[C@@H](Cc1ccc(O)cc1)C(=O)[O-])OCc1ccc(Cl)cc1. The molecule has 0 aromatic heterocycles. The Labute approximate surface area is 143 Å². The van der Waals surface area contributed by atoms with Crippen LogP contribution in [0.4, 0.5) is 4.79 Å². The number of hydrogen-bond acceptors (Lipinski definition) is 5. The minimum absolute atomic E-state index is 0.0119. The third kappa shape index (κ3) is 5.48. The number of carbonyl (C=O) groups is 2. The van der Waals surface area contributed by atoms with Crippen LogP contribution in [0.25, 0.3) is 0 Å². The van der Waals surface area contributed by atoms with Crippen LogP contribution in [0.15, 0.2) is 48.5 Å². The summed E-state index contributed by atoms with van der Waals surface area (Å²) in [6.07, 6.45) is -0.850. The number of benzene rings is 2. The summed E-state index contributed by atoms with van der Waals surface area (Å²) in [5.41, 5.74) is 1.35. The van der Waals surface area contributed by atoms with Crippen molar-refractivity contribution in [1.82, 2.24) is 5.32 Å². The van der Waals surface area contributed by atoms with E-state index in [1.165, 1.54) is 12.1 Å². The molecule has 2 aromatic rings. The second-order valence-corrected chi connectivity index (χ2v) is 5.53. The van der Waals surface area contributed by atoms with Crippen molar-refractivity contribution in [2.75, 3.05) is 0 Å². The maximum atomic E-state index is 11.8. The maximum Gasteiger partial charge on any atom is 0.408 e. The van der Waals surface area contributed by atoms with Gasteiger partial charge < -0.3 is 25.1 Å². The molecule has 2 aromatic carbocycles. The first-order valence-corrected chi connectivity index (χ1v) is 7.48. The van der Waals surface area contributed by atoms with E-state index in [-0.39, 0.29) is 18.8 Å². The van der Waals surface area contributed by atoms with Gasteiger partial charge in [0.1, 0.15) is 12.4 Å². The third-order valence-corrected chi connectivity index (χ3v) is 3.49. The van der Waals surface area contributed by atoms with Crippen LogP contribution < -0.4 is 10.4 Å². The summed E-state index contributed by atoms with van der Waals surface area (Å²) in [5.74, 6) is -1.36. The standard InChI is InChI=1S/C17H16ClNO5/c18-13-5-1-12(2-6-13)10-24-17(23)19-15(16(21)22)9-11-3-7-14(20)8-4-11/h1-8,15,20H,9-10H2,(H,19,23)(H,21,22)/p-1/t15-/m0/s1. The van der Waals surface area contributed by atoms with Crippen molar-refractivity contribution in [3.05, 3.63) is 64.7 Å². The number of carbonyl (C=O) groups excluding carboxylic acids is 2. The lowest BCUT2D eigenvalue weighted by atomic mass is 10.1. The largest absolute Gasteiger partial charge is 0.548 e. The molecule has 0 bridgehead atoms. The molecule has 0 fully saturated rings. The monoisotopic (exact) mass is 348 g/mol. The molecule has 1 amide bonds. The Bertz CT molecular complexity index is 700. The van der Waals surface area contributed by atoms with Gasteiger partial charge in [-0.3, -0.25) is 0 Å². The predicted octanol–water partition coefficient (Wildman–Crippen LogP) is 1.63. The Morgan fingerprint density at radius 3 is 2.25 bits per heavy atom. The topological polar surface area (TPSA) is 98.7 Å². The van der Waals surface area contributed by atoms with Gasteiger partial charge in [0, 0.05) is 5.02 Å². The van der Waals surface area contributed by atoms with E-state index in [1.54, 1.807) is 36.4 Å². The Morgan fingerprint density at radius 2 is 1.67 bits per heavy atom. The number of phenols is 1. The van der Waals surface area contributed by atoms with E-state index >= 15 is 0 Å². The third-order valence-electron chi connectivity index (χ3n) is 3.24. The number of halogens is 1. The molecule has 126 valence electrons. The van der Waals surface area contributed by atoms with E-state index in [2.05, 4.69) is 5.32 Å². The van der Waals surface area contributed by atoms with Gasteiger partial charge in [0.25, 0.3) is 0 Å². The van der Waals surface area contributed by atoms with E-state index in [4.69, 9.17) is 16.3 Å². The molecule has 6 nitrogen and oxygen atoms in total. The molecule has 24 heavy (non-hydrogen) atoms. The van der Waals surface area contributed by atoms with Crippen LogP contribution in [0.3, 0.4) is 0 Å². The van der Waals surface area contributed by atoms with Crippen LogP contribution >= 0.6 is 11.6 Å². The number of carboxylic acid groups (broad SMARTS) is 1. The molecule has 1 atom stereocenters. The molecule has 2 rings (SSSR count). The number of phenolic OH excluding ortho intramolecular Hbond substituents is 1. The molecule has 0 saturated heterocycles. The molecule has 0 aliphatic carbocycles. The highest BCUT2D eigenvalue weighted by Gasteiger charge is 2.15. The lowest BCUT2D eigenvalue weighted by molar-refractivity contribution is -0.308. The molecule has 0 aliphatic rings. The zero-order valence-electron chi connectivity index (χ0n) is 12.6. The normalized spacial score (nSPS) is 11.5. The lowest BCUT2D eigenvalue weighted by Gasteiger charge is -2.19. The number of aromatic hydroxyl groups is 1. The molecule has 0 saturated carbocycles. The molecule has 0 unspecified atom stereocenters. The highest BCUT2D eigenvalue weighted by Crippen LogP contribution is 2.12. The van der Waals surface area contributed by atoms with Gasteiger partial charge in [-0.2, -0.15) is 0 Å². The van der Waals surface area contributed by atoms with Gasteiger partial charge in [0.2, 0.25) is 0 Å². The van der Waals surface area contributed by atoms with Crippen LogP contribution in [-0.2, 0) is 22.6 Å². The van der Waals surface area contributed by atoms with Gasteiger partial charge in [-0.05, 0) is 41.8 Å². The van der Waals surface area contributed by atoms with E-state index < -0.39 is 18.1 Å². The molecule has 0 aliphatic heterocycles. The first-order valence-electron chi connectivity index (χ1n) is 7.10. The van der Waals surface area contributed by atoms with Gasteiger partial charge >= 0.3 is 6.09 Å². The molecule has 0 radical (unpaired) electrons. The minimum atomic E-state index is -1.42. The number of aliphatic carboxylic acids is 1. The summed E-state index contributed by atoms with van der Waals surface area (Å²) in [6.45, 7) is -0.0119. The Balaban J connectivity index is 1.89. The molecule has 7 heteroatoms. The lowest BCUT2D eigenvalue weighted by Crippen LogP contribution is -2.49. The van der Waals surface area contributed by atoms with Crippen molar-refractivity contribution < 1.29 is 24.5 Å². The van der Waals surface area contributed by atoms with Gasteiger partial charge in [-0.1, -0.05) is 35.9 Å². The first kappa shape index (κ1) is 17.6. The molecular weight excluding hydrogens is 334 g/mol. The van der Waals surface area contributed by atoms with Crippen molar-refractivity contribution in [3.8, 4) is 5.75 Å². The highest BCUT2D eigenvalue weighted by molar-refractivity contribution is 6.30. The van der Waals surface area contributed by atoms with Gasteiger partial charge in [0.15, 0.2) is 0 Å². The van der Waals surface area contributed by atoms with E-state index in [0.29, 0.717) is 10.6 Å². The fraction of sp³-hybridized carbons (Fsp3) is 0.176. The molecule has 2 N–H and O–H groups in total. The smallest absolute Gasteiger partial charge is 0.408 e. The first-order chi connectivity index (χ1) is 11.4. The molecular formula is C17H15ClNO5-. The van der Waals surface area contributed by atoms with Crippen LogP contribution in [0.5, 0.6) is 5.75 Å². The fourth-order valence-electron chi connectivity index (χ4n) is 1.97. The van der Waals surface area contributed by atoms with Gasteiger partial charge in [-0.15, -0.1) is 0 Å². The molecule has 0 heterocycles. The van der Waals surface area contributed by atoms with Crippen LogP contribution in [0.2, 0.25) is 5.02 Å². The van der Waals surface area contributed by atoms with E-state index in [1.807, 2.05) is 0 Å². The highest BCUT2D eigenvalue weighted by atomic mass is 35.5. The minimum Gasteiger partial charge on any atom is -0.548 e. The van der Waals surface area contributed by atoms with Crippen molar-refractivity contribution in [1.29, 1.82) is 0 Å². The van der Waals surface area contributed by atoms with Crippen molar-refractivity contribution >= 4 is 23.7 Å². The summed E-state index contributed by atoms with van der Waals surface area (Å²) >= 11 is 5.76. The zero-order valence-corrected chi connectivity index (χ0v) is 13.3. The number of rotatable bonds is 6. The molecule has 0 spiro atoms. The van der Waals surface area contributed by atoms with E-state index in [0.717, 1.165) is 5.56 Å². The number of ether oxygens (including phenoxy) is 1. The number of carboxylic acids is 1. The van der Waals surface area contributed by atoms with Crippen LogP contribution in [0.1, 0.15) is 11.1 Å². The van der Waals surface area contributed by atoms with Crippen LogP contribution in [0, 0.1) is 0 Å². The quantitative estimate of drug-likeness (QED) is 0.826. The Kier molecular flexibility index (Phi) is 6.03. The van der Waals surface area contributed by atoms with Crippen LogP contribution in [-0.4, -0.2) is 23.2 Å². The average molecular weight is 349 g/mol. The average Bonchev–Trinajstić information content (AvgIpc) is 2.55. The number of amides is 1. The maximum absolute atomic E-state index is 11.8. The number of hydrogen-bond donors (Lipinski definition) is 2. The van der Waals surface area contributed by atoms with Gasteiger partial charge in [-0.25, -0.2) is 4.79 Å². The van der Waals surface area contributed by atoms with Crippen molar-refractivity contribution in [2.45, 2.75) is 19.1 Å². The zero-order chi connectivity index (χ0) is 17.5. The van der Waals surface area contributed by atoms with Gasteiger partial charge in [0.05, 0.1) is 12.0 Å². The van der Waals surface area contributed by atoms with Crippen molar-refractivity contribution in [3.63, 3.8) is 0 Å². The number of alkyl carbamates (subject to hydrolysis) is 1. The fourth-order valence-corrected chi connectivity index (χ4v) is 2.10. The van der Waals surface area contributed by atoms with E-state index in [9.17, 15) is 19.8 Å². The summed E-state index contributed by atoms with van der Waals surface area (Å²) in [5, 5.41) is 23.2. The second-order valence-electron chi connectivity index (χ2n) is 5.09. The second kappa shape index (κ2) is 8.21.